The van der Waals surface area contributed by atoms with Gasteiger partial charge in [0.25, 0.3) is 0 Å². The molecule has 4 heteroatoms. The Morgan fingerprint density at radius 1 is 1.69 bits per heavy atom. The molecule has 0 spiro atoms. The number of hydrogen-bond donors (Lipinski definition) is 1. The number of carbonyl (C=O) groups excluding carboxylic acids is 1. The predicted molar refractivity (Wildman–Crippen MR) is 52.8 cm³/mol. The number of pyridine rings is 1. The molecule has 1 heterocycles. The van der Waals surface area contributed by atoms with Crippen LogP contribution in [0.3, 0.4) is 0 Å². The summed E-state index contributed by atoms with van der Waals surface area (Å²) in [5.41, 5.74) is 0.693. The van der Waals surface area contributed by atoms with Crippen LogP contribution in [0.25, 0.3) is 0 Å². The van der Waals surface area contributed by atoms with E-state index in [0.29, 0.717) is 17.3 Å². The molecule has 0 radical (unpaired) electrons. The lowest BCUT2D eigenvalue weighted by Gasteiger charge is -2.03. The first-order chi connectivity index (χ1) is 6.22. The SMILES string of the molecule is CCCC(=O)Nc1ccnc(Cl)c1. The van der Waals surface area contributed by atoms with Crippen molar-refractivity contribution in [3.63, 3.8) is 0 Å². The van der Waals surface area contributed by atoms with Crippen molar-refractivity contribution in [2.75, 3.05) is 5.32 Å². The van der Waals surface area contributed by atoms with Gasteiger partial charge in [-0.15, -0.1) is 0 Å². The fourth-order valence-electron chi connectivity index (χ4n) is 0.931. The molecule has 1 N–H and O–H groups in total. The predicted octanol–water partition coefficient (Wildman–Crippen LogP) is 2.47. The molecule has 1 rings (SSSR count). The summed E-state index contributed by atoms with van der Waals surface area (Å²) in [6.45, 7) is 1.96. The van der Waals surface area contributed by atoms with Gasteiger partial charge in [0.05, 0.1) is 0 Å². The Hall–Kier alpha value is -1.09. The summed E-state index contributed by atoms with van der Waals surface area (Å²) in [7, 11) is 0. The molecule has 0 aliphatic heterocycles. The van der Waals surface area contributed by atoms with Crippen molar-refractivity contribution >= 4 is 23.2 Å². The van der Waals surface area contributed by atoms with Crippen LogP contribution in [-0.2, 0) is 4.79 Å². The Kier molecular flexibility index (Phi) is 3.71. The van der Waals surface area contributed by atoms with E-state index in [1.807, 2.05) is 6.92 Å². The largest absolute Gasteiger partial charge is 0.326 e. The minimum absolute atomic E-state index is 0.00441. The Morgan fingerprint density at radius 3 is 3.08 bits per heavy atom. The van der Waals surface area contributed by atoms with E-state index in [4.69, 9.17) is 11.6 Å². The number of anilines is 1. The van der Waals surface area contributed by atoms with Gasteiger partial charge in [-0.25, -0.2) is 4.98 Å². The van der Waals surface area contributed by atoms with Crippen LogP contribution >= 0.6 is 11.6 Å². The van der Waals surface area contributed by atoms with E-state index in [2.05, 4.69) is 10.3 Å². The van der Waals surface area contributed by atoms with Crippen molar-refractivity contribution in [1.82, 2.24) is 4.98 Å². The molecule has 0 unspecified atom stereocenters. The van der Waals surface area contributed by atoms with E-state index in [-0.39, 0.29) is 5.91 Å². The molecule has 0 aliphatic carbocycles. The first-order valence-electron chi connectivity index (χ1n) is 4.13. The summed E-state index contributed by atoms with van der Waals surface area (Å²) in [5, 5.41) is 3.10. The summed E-state index contributed by atoms with van der Waals surface area (Å²) < 4.78 is 0. The second-order valence-corrected chi connectivity index (χ2v) is 3.05. The molecule has 1 aromatic heterocycles. The average molecular weight is 199 g/mol. The van der Waals surface area contributed by atoms with Gasteiger partial charge in [-0.2, -0.15) is 0 Å². The monoisotopic (exact) mass is 198 g/mol. The van der Waals surface area contributed by atoms with Crippen LogP contribution in [0.2, 0.25) is 5.15 Å². The molecule has 0 aromatic carbocycles. The topological polar surface area (TPSA) is 42.0 Å². The lowest BCUT2D eigenvalue weighted by Crippen LogP contribution is -2.10. The quantitative estimate of drug-likeness (QED) is 0.759. The number of amides is 1. The molecule has 1 aromatic rings. The molecule has 0 saturated carbocycles. The highest BCUT2D eigenvalue weighted by molar-refractivity contribution is 6.29. The van der Waals surface area contributed by atoms with Crippen LogP contribution in [0.1, 0.15) is 19.8 Å². The van der Waals surface area contributed by atoms with Gasteiger partial charge in [0, 0.05) is 18.3 Å². The van der Waals surface area contributed by atoms with Crippen molar-refractivity contribution in [2.45, 2.75) is 19.8 Å². The average Bonchev–Trinajstić information content (AvgIpc) is 2.04. The third-order valence-electron chi connectivity index (χ3n) is 1.49. The number of nitrogens with zero attached hydrogens (tertiary/aromatic N) is 1. The van der Waals surface area contributed by atoms with Gasteiger partial charge >= 0.3 is 0 Å². The molecule has 70 valence electrons. The molecule has 0 bridgehead atoms. The van der Waals surface area contributed by atoms with Crippen molar-refractivity contribution in [2.24, 2.45) is 0 Å². The highest BCUT2D eigenvalue weighted by Crippen LogP contribution is 2.12. The summed E-state index contributed by atoms with van der Waals surface area (Å²) in [5.74, 6) is 0.00441. The van der Waals surface area contributed by atoms with Gasteiger partial charge in [0.2, 0.25) is 5.91 Å². The van der Waals surface area contributed by atoms with Crippen LogP contribution in [-0.4, -0.2) is 10.9 Å². The molecule has 0 saturated heterocycles. The van der Waals surface area contributed by atoms with Crippen LogP contribution in [0.4, 0.5) is 5.69 Å². The normalized spacial score (nSPS) is 9.69. The Bertz CT molecular complexity index is 301. The molecule has 0 aliphatic rings. The summed E-state index contributed by atoms with van der Waals surface area (Å²) >= 11 is 5.64. The first kappa shape index (κ1) is 9.99. The Labute approximate surface area is 82.1 Å². The van der Waals surface area contributed by atoms with E-state index in [1.54, 1.807) is 18.3 Å². The van der Waals surface area contributed by atoms with Crippen molar-refractivity contribution in [3.8, 4) is 0 Å². The smallest absolute Gasteiger partial charge is 0.224 e. The van der Waals surface area contributed by atoms with Gasteiger partial charge in [-0.1, -0.05) is 18.5 Å². The molecule has 3 nitrogen and oxygen atoms in total. The lowest BCUT2D eigenvalue weighted by atomic mass is 10.3. The zero-order chi connectivity index (χ0) is 9.68. The molecule has 13 heavy (non-hydrogen) atoms. The fraction of sp³-hybridized carbons (Fsp3) is 0.333. The number of rotatable bonds is 3. The Balaban J connectivity index is 2.58. The molecule has 0 atom stereocenters. The number of carbonyl (C=O) groups is 1. The van der Waals surface area contributed by atoms with Gasteiger partial charge in [0.1, 0.15) is 5.15 Å². The van der Waals surface area contributed by atoms with E-state index >= 15 is 0 Å². The number of nitrogens with one attached hydrogen (secondary N) is 1. The van der Waals surface area contributed by atoms with Crippen molar-refractivity contribution in [1.29, 1.82) is 0 Å². The van der Waals surface area contributed by atoms with Crippen LogP contribution in [0, 0.1) is 0 Å². The van der Waals surface area contributed by atoms with E-state index in [9.17, 15) is 4.79 Å². The summed E-state index contributed by atoms with van der Waals surface area (Å²) in [4.78, 5) is 15.0. The van der Waals surface area contributed by atoms with Crippen LogP contribution in [0.15, 0.2) is 18.3 Å². The van der Waals surface area contributed by atoms with Crippen LogP contribution < -0.4 is 5.32 Å². The third-order valence-corrected chi connectivity index (χ3v) is 1.69. The summed E-state index contributed by atoms with van der Waals surface area (Å²) in [6, 6.07) is 3.33. The lowest BCUT2D eigenvalue weighted by molar-refractivity contribution is -0.116. The van der Waals surface area contributed by atoms with Gasteiger partial charge in [-0.05, 0) is 18.6 Å². The molecule has 1 amide bonds. The summed E-state index contributed by atoms with van der Waals surface area (Å²) in [6.07, 6.45) is 2.93. The maximum Gasteiger partial charge on any atom is 0.224 e. The zero-order valence-electron chi connectivity index (χ0n) is 7.38. The van der Waals surface area contributed by atoms with E-state index in [0.717, 1.165) is 6.42 Å². The second kappa shape index (κ2) is 4.82. The van der Waals surface area contributed by atoms with Gasteiger partial charge < -0.3 is 5.32 Å². The van der Waals surface area contributed by atoms with Crippen molar-refractivity contribution < 1.29 is 4.79 Å². The van der Waals surface area contributed by atoms with E-state index in [1.165, 1.54) is 0 Å². The molecular formula is C9H11ClN2O. The maximum absolute atomic E-state index is 11.1. The molecule has 0 fully saturated rings. The Morgan fingerprint density at radius 2 is 2.46 bits per heavy atom. The van der Waals surface area contributed by atoms with Crippen molar-refractivity contribution in [3.05, 3.63) is 23.5 Å². The highest BCUT2D eigenvalue weighted by Gasteiger charge is 2.00. The number of halogens is 1. The fourth-order valence-corrected chi connectivity index (χ4v) is 1.10. The number of aromatic nitrogens is 1. The minimum Gasteiger partial charge on any atom is -0.326 e. The van der Waals surface area contributed by atoms with Crippen LogP contribution in [0.5, 0.6) is 0 Å². The standard InChI is InChI=1S/C9H11ClN2O/c1-2-3-9(13)12-7-4-5-11-8(10)6-7/h4-6H,2-3H2,1H3,(H,11,12,13). The zero-order valence-corrected chi connectivity index (χ0v) is 8.14. The highest BCUT2D eigenvalue weighted by atomic mass is 35.5. The molecular weight excluding hydrogens is 188 g/mol. The number of hydrogen-bond acceptors (Lipinski definition) is 2. The van der Waals surface area contributed by atoms with Gasteiger partial charge in [-0.3, -0.25) is 4.79 Å². The third kappa shape index (κ3) is 3.42. The second-order valence-electron chi connectivity index (χ2n) is 2.67. The first-order valence-corrected chi connectivity index (χ1v) is 4.51. The maximum atomic E-state index is 11.1. The van der Waals surface area contributed by atoms with Gasteiger partial charge in [0.15, 0.2) is 0 Å². The minimum atomic E-state index is 0.00441. The van der Waals surface area contributed by atoms with E-state index < -0.39 is 0 Å².